The Morgan fingerprint density at radius 3 is 2.53 bits per heavy atom. The van der Waals surface area contributed by atoms with Crippen LogP contribution in [0.4, 0.5) is 5.82 Å². The normalized spacial score (nSPS) is 12.2. The maximum Gasteiger partial charge on any atom is 0.327 e. The third-order valence-corrected chi connectivity index (χ3v) is 7.13. The molecule has 198 valence electrons. The van der Waals surface area contributed by atoms with Crippen LogP contribution in [0, 0.1) is 5.41 Å². The van der Waals surface area contributed by atoms with E-state index in [9.17, 15) is 19.5 Å². The maximum absolute atomic E-state index is 13.6. The van der Waals surface area contributed by atoms with Gasteiger partial charge in [-0.15, -0.1) is 11.3 Å². The Labute approximate surface area is 228 Å². The number of rotatable bonds is 8. The molecule has 4 rings (SSSR count). The van der Waals surface area contributed by atoms with Gasteiger partial charge in [-0.05, 0) is 41.8 Å². The van der Waals surface area contributed by atoms with Crippen LogP contribution in [-0.2, 0) is 11.3 Å². The third kappa shape index (κ3) is 5.51. The van der Waals surface area contributed by atoms with Crippen LogP contribution >= 0.6 is 22.9 Å². The number of aromatic nitrogens is 3. The van der Waals surface area contributed by atoms with Crippen LogP contribution in [0.5, 0.6) is 5.75 Å². The van der Waals surface area contributed by atoms with E-state index in [0.717, 1.165) is 4.88 Å². The van der Waals surface area contributed by atoms with Gasteiger partial charge in [0.05, 0.1) is 29.1 Å². The second-order valence-corrected chi connectivity index (χ2v) is 11.4. The molecule has 1 atom stereocenters. The van der Waals surface area contributed by atoms with Gasteiger partial charge in [-0.1, -0.05) is 44.5 Å². The average molecular weight is 555 g/mol. The first-order chi connectivity index (χ1) is 18.0. The summed E-state index contributed by atoms with van der Waals surface area (Å²) in [6, 6.07) is 14.1. The molecule has 38 heavy (non-hydrogen) atoms. The number of carbonyl (C=O) groups is 2. The zero-order chi connectivity index (χ0) is 27.6. The first kappa shape index (κ1) is 27.2. The van der Waals surface area contributed by atoms with E-state index in [2.05, 4.69) is 10.4 Å². The maximum atomic E-state index is 13.6. The molecule has 4 aromatic rings. The van der Waals surface area contributed by atoms with E-state index in [-0.39, 0.29) is 16.8 Å². The third-order valence-electron chi connectivity index (χ3n) is 5.89. The summed E-state index contributed by atoms with van der Waals surface area (Å²) in [5, 5.41) is 17.6. The van der Waals surface area contributed by atoms with E-state index in [4.69, 9.17) is 16.3 Å². The Hall–Kier alpha value is -3.89. The number of hydrogen-bond donors (Lipinski definition) is 2. The number of carbonyl (C=O) groups excluding carboxylic acids is 1. The van der Waals surface area contributed by atoms with Crippen LogP contribution in [0.2, 0.25) is 4.34 Å². The molecule has 0 aliphatic heterocycles. The number of hydrogen-bond acceptors (Lipinski definition) is 7. The van der Waals surface area contributed by atoms with Crippen LogP contribution in [0.1, 0.15) is 42.0 Å². The zero-order valence-electron chi connectivity index (χ0n) is 21.3. The summed E-state index contributed by atoms with van der Waals surface area (Å²) in [6.45, 7) is 5.63. The summed E-state index contributed by atoms with van der Waals surface area (Å²) in [6.07, 6.45) is 1.45. The fourth-order valence-corrected chi connectivity index (χ4v) is 5.20. The zero-order valence-corrected chi connectivity index (χ0v) is 22.8. The Bertz CT molecular complexity index is 1550. The summed E-state index contributed by atoms with van der Waals surface area (Å²) < 4.78 is 8.37. The van der Waals surface area contributed by atoms with E-state index in [1.165, 1.54) is 33.9 Å². The summed E-state index contributed by atoms with van der Waals surface area (Å²) in [5.74, 6) is -0.858. The highest BCUT2D eigenvalue weighted by molar-refractivity contribution is 7.16. The SMILES string of the molecule is COc1ccccc1C(=O)n1nc(-c2cccn(C(C(=O)O)C(C)(C)C)c2=O)cc1NCc1ccc(Cl)s1. The number of nitrogens with zero attached hydrogens (tertiary/aromatic N) is 3. The molecule has 3 heterocycles. The second kappa shape index (κ2) is 10.8. The van der Waals surface area contributed by atoms with Gasteiger partial charge in [-0.25, -0.2) is 4.79 Å². The molecule has 3 aromatic heterocycles. The number of aliphatic carboxylic acids is 1. The van der Waals surface area contributed by atoms with Crippen LogP contribution in [0.15, 0.2) is 65.6 Å². The van der Waals surface area contributed by atoms with Crippen LogP contribution in [0.25, 0.3) is 11.3 Å². The van der Waals surface area contributed by atoms with E-state index in [1.807, 2.05) is 6.07 Å². The highest BCUT2D eigenvalue weighted by atomic mass is 35.5. The number of ether oxygens (including phenoxy) is 1. The molecule has 0 aliphatic carbocycles. The predicted molar refractivity (Wildman–Crippen MR) is 147 cm³/mol. The molecular formula is C27H27ClN4O5S. The van der Waals surface area contributed by atoms with Gasteiger partial charge in [-0.2, -0.15) is 9.78 Å². The number of para-hydroxylation sites is 1. The molecule has 1 aromatic carbocycles. The number of anilines is 1. The molecular weight excluding hydrogens is 528 g/mol. The van der Waals surface area contributed by atoms with Crippen molar-refractivity contribution in [3.05, 3.63) is 85.9 Å². The fourth-order valence-electron chi connectivity index (χ4n) is 4.17. The lowest BCUT2D eigenvalue weighted by Gasteiger charge is -2.28. The van der Waals surface area contributed by atoms with Crippen molar-refractivity contribution in [2.45, 2.75) is 33.4 Å². The molecule has 0 radical (unpaired) electrons. The van der Waals surface area contributed by atoms with Gasteiger partial charge in [0.1, 0.15) is 23.3 Å². The minimum Gasteiger partial charge on any atom is -0.496 e. The van der Waals surface area contributed by atoms with Gasteiger partial charge in [0.15, 0.2) is 0 Å². The van der Waals surface area contributed by atoms with Crippen molar-refractivity contribution in [1.82, 2.24) is 14.3 Å². The van der Waals surface area contributed by atoms with E-state index < -0.39 is 28.9 Å². The highest BCUT2D eigenvalue weighted by Gasteiger charge is 2.34. The van der Waals surface area contributed by atoms with Gasteiger partial charge in [0, 0.05) is 17.1 Å². The van der Waals surface area contributed by atoms with Crippen molar-refractivity contribution in [2.24, 2.45) is 5.41 Å². The van der Waals surface area contributed by atoms with Crippen molar-refractivity contribution in [3.63, 3.8) is 0 Å². The topological polar surface area (TPSA) is 115 Å². The minimum atomic E-state index is -1.12. The smallest absolute Gasteiger partial charge is 0.327 e. The Balaban J connectivity index is 1.82. The minimum absolute atomic E-state index is 0.164. The van der Waals surface area contributed by atoms with Crippen molar-refractivity contribution in [2.75, 3.05) is 12.4 Å². The molecule has 0 spiro atoms. The van der Waals surface area contributed by atoms with E-state index in [0.29, 0.717) is 22.4 Å². The Kier molecular flexibility index (Phi) is 7.75. The molecule has 0 aliphatic rings. The van der Waals surface area contributed by atoms with Gasteiger partial charge in [0.25, 0.3) is 11.5 Å². The summed E-state index contributed by atoms with van der Waals surface area (Å²) in [7, 11) is 1.47. The standard InChI is InChI=1S/C27H27ClN4O5S/c1-27(2,3)23(26(35)36)31-13-7-9-17(24(31)33)19-14-22(29-15-16-11-12-21(28)38-16)32(30-19)25(34)18-8-5-6-10-20(18)37-4/h5-14,23,29H,15H2,1-4H3,(H,35,36). The lowest BCUT2D eigenvalue weighted by atomic mass is 9.86. The second-order valence-electron chi connectivity index (χ2n) is 9.63. The number of carboxylic acids is 1. The quantitative estimate of drug-likeness (QED) is 0.299. The van der Waals surface area contributed by atoms with Gasteiger partial charge < -0.3 is 19.7 Å². The number of nitrogens with one attached hydrogen (secondary N) is 1. The van der Waals surface area contributed by atoms with Crippen LogP contribution < -0.4 is 15.6 Å². The monoisotopic (exact) mass is 554 g/mol. The lowest BCUT2D eigenvalue weighted by Crippen LogP contribution is -2.38. The number of halogens is 1. The summed E-state index contributed by atoms with van der Waals surface area (Å²) in [5.41, 5.74) is -0.590. The largest absolute Gasteiger partial charge is 0.496 e. The summed E-state index contributed by atoms with van der Waals surface area (Å²) >= 11 is 7.46. The number of methoxy groups -OCH3 is 1. The molecule has 11 heteroatoms. The van der Waals surface area contributed by atoms with Crippen molar-refractivity contribution in [3.8, 4) is 17.0 Å². The number of carboxylic acid groups (broad SMARTS) is 1. The van der Waals surface area contributed by atoms with Crippen molar-refractivity contribution in [1.29, 1.82) is 0 Å². The Morgan fingerprint density at radius 1 is 1.16 bits per heavy atom. The average Bonchev–Trinajstić information content (AvgIpc) is 3.48. The molecule has 0 bridgehead atoms. The molecule has 0 saturated carbocycles. The number of benzene rings is 1. The molecule has 0 fully saturated rings. The number of pyridine rings is 1. The van der Waals surface area contributed by atoms with Gasteiger partial charge in [0.2, 0.25) is 0 Å². The van der Waals surface area contributed by atoms with Crippen LogP contribution in [-0.4, -0.2) is 38.4 Å². The molecule has 9 nitrogen and oxygen atoms in total. The lowest BCUT2D eigenvalue weighted by molar-refractivity contribution is -0.144. The Morgan fingerprint density at radius 2 is 1.89 bits per heavy atom. The molecule has 2 N–H and O–H groups in total. The predicted octanol–water partition coefficient (Wildman–Crippen LogP) is 5.41. The van der Waals surface area contributed by atoms with Crippen molar-refractivity contribution < 1.29 is 19.4 Å². The van der Waals surface area contributed by atoms with E-state index in [1.54, 1.807) is 69.3 Å². The van der Waals surface area contributed by atoms with Gasteiger partial charge >= 0.3 is 5.97 Å². The van der Waals surface area contributed by atoms with Gasteiger partial charge in [-0.3, -0.25) is 9.59 Å². The molecule has 1 unspecified atom stereocenters. The first-order valence-corrected chi connectivity index (χ1v) is 12.9. The van der Waals surface area contributed by atoms with Crippen LogP contribution in [0.3, 0.4) is 0 Å². The van der Waals surface area contributed by atoms with Crippen molar-refractivity contribution >= 4 is 40.6 Å². The van der Waals surface area contributed by atoms with E-state index >= 15 is 0 Å². The molecule has 0 saturated heterocycles. The molecule has 0 amide bonds. The first-order valence-electron chi connectivity index (χ1n) is 11.7. The fraction of sp³-hybridized carbons (Fsp3) is 0.259. The number of thiophene rings is 1. The summed E-state index contributed by atoms with van der Waals surface area (Å²) in [4.78, 5) is 40.1. The highest BCUT2D eigenvalue weighted by Crippen LogP contribution is 2.31.